The van der Waals surface area contributed by atoms with Crippen molar-refractivity contribution in [2.24, 2.45) is 0 Å². The zero-order chi connectivity index (χ0) is 35.2. The maximum Gasteiger partial charge on any atom is 0.322 e. The van der Waals surface area contributed by atoms with Gasteiger partial charge in [-0.25, -0.2) is 0 Å². The fourth-order valence-corrected chi connectivity index (χ4v) is 6.07. The van der Waals surface area contributed by atoms with E-state index in [9.17, 15) is 14.4 Å². The summed E-state index contributed by atoms with van der Waals surface area (Å²) in [6.45, 7) is 4.19. The number of hydrogen-bond donors (Lipinski definition) is 2. The van der Waals surface area contributed by atoms with E-state index in [1.807, 2.05) is 0 Å². The van der Waals surface area contributed by atoms with Crippen LogP contribution in [0.1, 0.15) is 213 Å². The Hall–Kier alpha value is -2.11. The van der Waals surface area contributed by atoms with Gasteiger partial charge in [0.1, 0.15) is 12.6 Å². The van der Waals surface area contributed by atoms with E-state index in [4.69, 9.17) is 9.84 Å². The van der Waals surface area contributed by atoms with E-state index in [1.165, 1.54) is 116 Å². The molecule has 0 spiro atoms. The molecule has 0 aromatic carbocycles. The molecule has 6 nitrogen and oxygen atoms in total. The van der Waals surface area contributed by atoms with Crippen molar-refractivity contribution in [3.05, 3.63) is 24.3 Å². The molecular formula is C42H77NO5. The first-order chi connectivity index (χ1) is 23.5. The van der Waals surface area contributed by atoms with Gasteiger partial charge in [0.25, 0.3) is 0 Å². The van der Waals surface area contributed by atoms with E-state index in [1.54, 1.807) is 0 Å². The average molecular weight is 676 g/mol. The SMILES string of the molecule is CCCCC/C=C\C/C=C\CCCCCCCCCCCC(=O)OC(CCCCCCCCC)CCCCCCCC(=O)NCC(=O)O. The number of carboxylic acid groups (broad SMARTS) is 1. The van der Waals surface area contributed by atoms with Crippen molar-refractivity contribution in [1.29, 1.82) is 0 Å². The molecule has 280 valence electrons. The summed E-state index contributed by atoms with van der Waals surface area (Å²) in [6.07, 6.45) is 44.5. The van der Waals surface area contributed by atoms with Crippen LogP contribution in [-0.2, 0) is 19.1 Å². The summed E-state index contributed by atoms with van der Waals surface area (Å²) in [5, 5.41) is 11.1. The van der Waals surface area contributed by atoms with Gasteiger partial charge in [0, 0.05) is 12.8 Å². The van der Waals surface area contributed by atoms with E-state index >= 15 is 0 Å². The average Bonchev–Trinajstić information content (AvgIpc) is 3.07. The molecule has 6 heteroatoms. The van der Waals surface area contributed by atoms with Crippen LogP contribution in [0.15, 0.2) is 24.3 Å². The van der Waals surface area contributed by atoms with Crippen molar-refractivity contribution in [3.63, 3.8) is 0 Å². The zero-order valence-electron chi connectivity index (χ0n) is 31.6. The number of rotatable bonds is 37. The third-order valence-electron chi connectivity index (χ3n) is 9.13. The summed E-state index contributed by atoms with van der Waals surface area (Å²) in [5.41, 5.74) is 0. The van der Waals surface area contributed by atoms with Gasteiger partial charge in [0.05, 0.1) is 0 Å². The minimum Gasteiger partial charge on any atom is -0.480 e. The van der Waals surface area contributed by atoms with Crippen molar-refractivity contribution in [1.82, 2.24) is 5.32 Å². The number of nitrogens with one attached hydrogen (secondary N) is 1. The topological polar surface area (TPSA) is 92.7 Å². The monoisotopic (exact) mass is 676 g/mol. The lowest BCUT2D eigenvalue weighted by molar-refractivity contribution is -0.150. The Kier molecular flexibility index (Phi) is 36.0. The summed E-state index contributed by atoms with van der Waals surface area (Å²) in [6, 6.07) is 0. The maximum atomic E-state index is 12.7. The van der Waals surface area contributed by atoms with Crippen LogP contribution < -0.4 is 5.32 Å². The first kappa shape index (κ1) is 45.9. The Morgan fingerprint density at radius 2 is 0.958 bits per heavy atom. The van der Waals surface area contributed by atoms with Crippen LogP contribution in [0, 0.1) is 0 Å². The van der Waals surface area contributed by atoms with Gasteiger partial charge >= 0.3 is 11.9 Å². The van der Waals surface area contributed by atoms with Crippen molar-refractivity contribution < 1.29 is 24.2 Å². The predicted octanol–water partition coefficient (Wildman–Crippen LogP) is 12.3. The molecule has 0 rings (SSSR count). The maximum absolute atomic E-state index is 12.7. The molecule has 0 aliphatic carbocycles. The van der Waals surface area contributed by atoms with Gasteiger partial charge in [-0.1, -0.05) is 154 Å². The van der Waals surface area contributed by atoms with Gasteiger partial charge in [-0.15, -0.1) is 0 Å². The van der Waals surface area contributed by atoms with Crippen LogP contribution in [0.5, 0.6) is 0 Å². The van der Waals surface area contributed by atoms with Crippen LogP contribution >= 0.6 is 0 Å². The van der Waals surface area contributed by atoms with E-state index in [2.05, 4.69) is 43.5 Å². The van der Waals surface area contributed by atoms with Crippen LogP contribution in [-0.4, -0.2) is 35.6 Å². The molecule has 0 saturated heterocycles. The lowest BCUT2D eigenvalue weighted by Crippen LogP contribution is -2.28. The lowest BCUT2D eigenvalue weighted by Gasteiger charge is -2.18. The molecule has 1 atom stereocenters. The third kappa shape index (κ3) is 36.7. The molecule has 2 N–H and O–H groups in total. The first-order valence-electron chi connectivity index (χ1n) is 20.5. The number of unbranched alkanes of at least 4 members (excludes halogenated alkanes) is 22. The molecule has 0 aromatic heterocycles. The smallest absolute Gasteiger partial charge is 0.322 e. The zero-order valence-corrected chi connectivity index (χ0v) is 31.6. The number of esters is 1. The van der Waals surface area contributed by atoms with Crippen molar-refractivity contribution >= 4 is 17.8 Å². The second-order valence-corrected chi connectivity index (χ2v) is 13.9. The molecule has 48 heavy (non-hydrogen) atoms. The highest BCUT2D eigenvalue weighted by atomic mass is 16.5. The highest BCUT2D eigenvalue weighted by molar-refractivity contribution is 5.80. The van der Waals surface area contributed by atoms with Crippen LogP contribution in [0.3, 0.4) is 0 Å². The van der Waals surface area contributed by atoms with Crippen LogP contribution in [0.25, 0.3) is 0 Å². The molecule has 0 bridgehead atoms. The second-order valence-electron chi connectivity index (χ2n) is 13.9. The van der Waals surface area contributed by atoms with Gasteiger partial charge in [0.15, 0.2) is 0 Å². The van der Waals surface area contributed by atoms with Crippen molar-refractivity contribution in [2.75, 3.05) is 6.54 Å². The quantitative estimate of drug-likeness (QED) is 0.0388. The fraction of sp³-hybridized carbons (Fsp3) is 0.833. The Morgan fingerprint density at radius 1 is 0.542 bits per heavy atom. The molecule has 0 saturated carbocycles. The number of allylic oxidation sites excluding steroid dienone is 4. The Labute approximate surface area is 296 Å². The summed E-state index contributed by atoms with van der Waals surface area (Å²) in [5.74, 6) is -1.23. The Bertz CT molecular complexity index is 793. The third-order valence-corrected chi connectivity index (χ3v) is 9.13. The lowest BCUT2D eigenvalue weighted by atomic mass is 10.0. The minimum absolute atomic E-state index is 0.0210. The molecule has 0 radical (unpaired) electrons. The number of hydrogen-bond acceptors (Lipinski definition) is 4. The summed E-state index contributed by atoms with van der Waals surface area (Å²) in [4.78, 5) is 34.9. The minimum atomic E-state index is -1.02. The fourth-order valence-electron chi connectivity index (χ4n) is 6.07. The van der Waals surface area contributed by atoms with E-state index in [-0.39, 0.29) is 24.5 Å². The Balaban J connectivity index is 3.97. The normalized spacial score (nSPS) is 12.2. The van der Waals surface area contributed by atoms with E-state index in [0.29, 0.717) is 12.8 Å². The number of carbonyl (C=O) groups is 3. The summed E-state index contributed by atoms with van der Waals surface area (Å²) in [7, 11) is 0. The van der Waals surface area contributed by atoms with Gasteiger partial charge < -0.3 is 15.2 Å². The molecule has 0 aliphatic rings. The van der Waals surface area contributed by atoms with Crippen LogP contribution in [0.4, 0.5) is 0 Å². The Morgan fingerprint density at radius 3 is 1.48 bits per heavy atom. The summed E-state index contributed by atoms with van der Waals surface area (Å²) < 4.78 is 5.99. The molecule has 0 fully saturated rings. The predicted molar refractivity (Wildman–Crippen MR) is 203 cm³/mol. The van der Waals surface area contributed by atoms with Gasteiger partial charge in [0.2, 0.25) is 5.91 Å². The second kappa shape index (κ2) is 37.7. The molecule has 0 aliphatic heterocycles. The molecule has 0 heterocycles. The summed E-state index contributed by atoms with van der Waals surface area (Å²) >= 11 is 0. The van der Waals surface area contributed by atoms with Gasteiger partial charge in [-0.3, -0.25) is 14.4 Å². The van der Waals surface area contributed by atoms with Crippen molar-refractivity contribution in [2.45, 2.75) is 219 Å². The number of carboxylic acids is 1. The first-order valence-corrected chi connectivity index (χ1v) is 20.5. The highest BCUT2D eigenvalue weighted by Crippen LogP contribution is 2.19. The highest BCUT2D eigenvalue weighted by Gasteiger charge is 2.14. The van der Waals surface area contributed by atoms with E-state index < -0.39 is 5.97 Å². The number of amides is 1. The molecule has 0 aromatic rings. The van der Waals surface area contributed by atoms with Gasteiger partial charge in [-0.05, 0) is 70.6 Å². The largest absolute Gasteiger partial charge is 0.480 e. The molecular weight excluding hydrogens is 598 g/mol. The van der Waals surface area contributed by atoms with Crippen molar-refractivity contribution in [3.8, 4) is 0 Å². The van der Waals surface area contributed by atoms with E-state index in [0.717, 1.165) is 70.6 Å². The molecule has 1 amide bonds. The van der Waals surface area contributed by atoms with Crippen LogP contribution in [0.2, 0.25) is 0 Å². The van der Waals surface area contributed by atoms with Gasteiger partial charge in [-0.2, -0.15) is 0 Å². The number of aliphatic carboxylic acids is 1. The number of carbonyl (C=O) groups excluding carboxylic acids is 2. The standard InChI is InChI=1S/C42H77NO5/c1-3-5-7-9-11-12-13-14-15-16-17-18-19-20-21-22-24-29-33-37-42(47)48-39(34-30-26-23-10-8-6-4-2)35-31-27-25-28-32-36-40(44)43-38-41(45)46/h11-12,14-15,39H,3-10,13,16-38H2,1-2H3,(H,43,44)(H,45,46)/b12-11-,15-14-. The molecule has 1 unspecified atom stereocenters. The number of ether oxygens (including phenoxy) is 1.